The average molecular weight is 298 g/mol. The predicted molar refractivity (Wildman–Crippen MR) is 67.9 cm³/mol. The minimum atomic E-state index is -0.922. The van der Waals surface area contributed by atoms with Crippen molar-refractivity contribution >= 4 is 33.9 Å². The number of benzene rings is 1. The number of carbonyl (C=O) groups is 2. The van der Waals surface area contributed by atoms with E-state index in [2.05, 4.69) is 15.9 Å². The number of primary amides is 1. The van der Waals surface area contributed by atoms with E-state index in [1.54, 1.807) is 6.08 Å². The van der Waals surface area contributed by atoms with Crippen molar-refractivity contribution in [3.8, 4) is 0 Å². The third kappa shape index (κ3) is 4.82. The number of hydrogen-bond acceptors (Lipinski definition) is 3. The third-order valence-corrected chi connectivity index (χ3v) is 2.45. The van der Waals surface area contributed by atoms with E-state index in [0.717, 1.165) is 10.0 Å². The van der Waals surface area contributed by atoms with Crippen molar-refractivity contribution in [2.75, 3.05) is 0 Å². The number of carbonyl (C=O) groups excluding carboxylic acids is 2. The highest BCUT2D eigenvalue weighted by Gasteiger charge is 2.11. The summed E-state index contributed by atoms with van der Waals surface area (Å²) in [6.45, 7) is 1.42. The summed E-state index contributed by atoms with van der Waals surface area (Å²) in [6, 6.07) is 7.42. The Morgan fingerprint density at radius 3 is 2.76 bits per heavy atom. The van der Waals surface area contributed by atoms with Gasteiger partial charge in [0.2, 0.25) is 0 Å². The zero-order valence-electron chi connectivity index (χ0n) is 9.22. The lowest BCUT2D eigenvalue weighted by molar-refractivity contribution is -0.148. The highest BCUT2D eigenvalue weighted by molar-refractivity contribution is 9.10. The van der Waals surface area contributed by atoms with Crippen LogP contribution in [0.15, 0.2) is 34.8 Å². The third-order valence-electron chi connectivity index (χ3n) is 1.95. The van der Waals surface area contributed by atoms with Crippen LogP contribution < -0.4 is 5.73 Å². The van der Waals surface area contributed by atoms with Gasteiger partial charge in [0.1, 0.15) is 0 Å². The van der Waals surface area contributed by atoms with Crippen molar-refractivity contribution in [2.24, 2.45) is 5.73 Å². The molecule has 0 aliphatic rings. The lowest BCUT2D eigenvalue weighted by Gasteiger charge is -2.06. The van der Waals surface area contributed by atoms with Crippen LogP contribution in [0, 0.1) is 0 Å². The van der Waals surface area contributed by atoms with Crippen molar-refractivity contribution < 1.29 is 14.3 Å². The lowest BCUT2D eigenvalue weighted by Crippen LogP contribution is -2.29. The van der Waals surface area contributed by atoms with Crippen molar-refractivity contribution in [1.29, 1.82) is 0 Å². The van der Waals surface area contributed by atoms with E-state index in [4.69, 9.17) is 10.5 Å². The van der Waals surface area contributed by atoms with Gasteiger partial charge in [-0.2, -0.15) is 0 Å². The molecule has 1 amide bonds. The Bertz CT molecular complexity index is 457. The van der Waals surface area contributed by atoms with Gasteiger partial charge in [0.05, 0.1) is 0 Å². The van der Waals surface area contributed by atoms with Crippen molar-refractivity contribution in [3.63, 3.8) is 0 Å². The van der Waals surface area contributed by atoms with Gasteiger partial charge in [-0.25, -0.2) is 4.79 Å². The number of amides is 1. The van der Waals surface area contributed by atoms with Gasteiger partial charge in [0.25, 0.3) is 5.91 Å². The molecule has 17 heavy (non-hydrogen) atoms. The molecule has 0 unspecified atom stereocenters. The van der Waals surface area contributed by atoms with Crippen LogP contribution in [0.4, 0.5) is 0 Å². The van der Waals surface area contributed by atoms with Gasteiger partial charge in [-0.1, -0.05) is 28.1 Å². The number of ether oxygens (including phenoxy) is 1. The van der Waals surface area contributed by atoms with E-state index in [1.165, 1.54) is 13.0 Å². The largest absolute Gasteiger partial charge is 0.449 e. The number of hydrogen-bond donors (Lipinski definition) is 1. The molecule has 1 aromatic carbocycles. The van der Waals surface area contributed by atoms with Crippen LogP contribution in [-0.2, 0) is 14.3 Å². The van der Waals surface area contributed by atoms with Gasteiger partial charge < -0.3 is 10.5 Å². The molecule has 1 rings (SSSR count). The van der Waals surface area contributed by atoms with Crippen LogP contribution in [0.1, 0.15) is 12.5 Å². The summed E-state index contributed by atoms with van der Waals surface area (Å²) in [5, 5.41) is 0. The maximum absolute atomic E-state index is 11.3. The molecule has 5 heteroatoms. The van der Waals surface area contributed by atoms with Crippen molar-refractivity contribution in [2.45, 2.75) is 13.0 Å². The summed E-state index contributed by atoms with van der Waals surface area (Å²) < 4.78 is 5.67. The zero-order valence-corrected chi connectivity index (χ0v) is 10.8. The van der Waals surface area contributed by atoms with E-state index in [0.29, 0.717) is 0 Å². The number of halogens is 1. The van der Waals surface area contributed by atoms with Crippen molar-refractivity contribution in [1.82, 2.24) is 0 Å². The average Bonchev–Trinajstić information content (AvgIpc) is 2.26. The Morgan fingerprint density at radius 1 is 1.47 bits per heavy atom. The molecule has 0 aliphatic carbocycles. The highest BCUT2D eigenvalue weighted by atomic mass is 79.9. The van der Waals surface area contributed by atoms with Gasteiger partial charge in [-0.05, 0) is 30.7 Å². The molecule has 1 atom stereocenters. The molecular weight excluding hydrogens is 286 g/mol. The maximum Gasteiger partial charge on any atom is 0.331 e. The molecule has 0 radical (unpaired) electrons. The van der Waals surface area contributed by atoms with Crippen LogP contribution in [0.3, 0.4) is 0 Å². The first-order valence-corrected chi connectivity index (χ1v) is 5.72. The molecule has 90 valence electrons. The quantitative estimate of drug-likeness (QED) is 0.681. The van der Waals surface area contributed by atoms with Crippen LogP contribution in [0.5, 0.6) is 0 Å². The molecule has 0 aliphatic heterocycles. The first-order valence-electron chi connectivity index (χ1n) is 4.92. The molecule has 2 N–H and O–H groups in total. The summed E-state index contributed by atoms with van der Waals surface area (Å²) in [5.41, 5.74) is 5.82. The molecule has 0 heterocycles. The molecule has 4 nitrogen and oxygen atoms in total. The van der Waals surface area contributed by atoms with Gasteiger partial charge >= 0.3 is 5.97 Å². The fraction of sp³-hybridized carbons (Fsp3) is 0.167. The predicted octanol–water partition coefficient (Wildman–Crippen LogP) is 1.88. The Balaban J connectivity index is 2.59. The fourth-order valence-corrected chi connectivity index (χ4v) is 1.46. The summed E-state index contributed by atoms with van der Waals surface area (Å²) in [5.74, 6) is -1.27. The summed E-state index contributed by atoms with van der Waals surface area (Å²) in [7, 11) is 0. The molecule has 0 bridgehead atoms. The van der Waals surface area contributed by atoms with Crippen LogP contribution in [0.2, 0.25) is 0 Å². The van der Waals surface area contributed by atoms with Gasteiger partial charge in [-0.15, -0.1) is 0 Å². The molecule has 0 fully saturated rings. The van der Waals surface area contributed by atoms with Crippen LogP contribution >= 0.6 is 15.9 Å². The molecule has 1 aromatic rings. The topological polar surface area (TPSA) is 69.4 Å². The summed E-state index contributed by atoms with van der Waals surface area (Å²) in [4.78, 5) is 22.0. The van der Waals surface area contributed by atoms with E-state index < -0.39 is 18.0 Å². The zero-order chi connectivity index (χ0) is 12.8. The monoisotopic (exact) mass is 297 g/mol. The number of rotatable bonds is 4. The number of nitrogens with two attached hydrogens (primary N) is 1. The van der Waals surface area contributed by atoms with E-state index in [1.807, 2.05) is 24.3 Å². The van der Waals surface area contributed by atoms with E-state index >= 15 is 0 Å². The van der Waals surface area contributed by atoms with Crippen molar-refractivity contribution in [3.05, 3.63) is 40.4 Å². The first-order chi connectivity index (χ1) is 7.99. The molecular formula is C12H12BrNO3. The molecule has 0 saturated heterocycles. The van der Waals surface area contributed by atoms with Crippen LogP contribution in [0.25, 0.3) is 6.08 Å². The Kier molecular flexibility index (Phi) is 4.90. The summed E-state index contributed by atoms with van der Waals surface area (Å²) >= 11 is 3.32. The Labute approximate surface area is 108 Å². The van der Waals surface area contributed by atoms with E-state index in [9.17, 15) is 9.59 Å². The summed E-state index contributed by atoms with van der Waals surface area (Å²) in [6.07, 6.45) is 1.93. The first kappa shape index (κ1) is 13.4. The second-order valence-electron chi connectivity index (χ2n) is 3.37. The SMILES string of the molecule is C[C@@H](OC(=O)/C=C/c1cccc(Br)c1)C(N)=O. The standard InChI is InChI=1S/C12H12BrNO3/c1-8(12(14)16)17-11(15)6-5-9-3-2-4-10(13)7-9/h2-8H,1H3,(H2,14,16)/b6-5+/t8-/m1/s1. The normalized spacial score (nSPS) is 12.4. The lowest BCUT2D eigenvalue weighted by atomic mass is 10.2. The highest BCUT2D eigenvalue weighted by Crippen LogP contribution is 2.12. The van der Waals surface area contributed by atoms with Gasteiger partial charge in [0, 0.05) is 10.5 Å². The smallest absolute Gasteiger partial charge is 0.331 e. The Hall–Kier alpha value is -1.62. The fourth-order valence-electron chi connectivity index (χ4n) is 1.05. The number of esters is 1. The van der Waals surface area contributed by atoms with E-state index in [-0.39, 0.29) is 0 Å². The minimum absolute atomic E-state index is 0.601. The van der Waals surface area contributed by atoms with Gasteiger partial charge in [-0.3, -0.25) is 4.79 Å². The van der Waals surface area contributed by atoms with Crippen LogP contribution in [-0.4, -0.2) is 18.0 Å². The molecule has 0 spiro atoms. The molecule has 0 saturated carbocycles. The maximum atomic E-state index is 11.3. The Morgan fingerprint density at radius 2 is 2.18 bits per heavy atom. The molecule has 0 aromatic heterocycles. The minimum Gasteiger partial charge on any atom is -0.449 e. The second-order valence-corrected chi connectivity index (χ2v) is 4.29. The second kappa shape index (κ2) is 6.20. The van der Waals surface area contributed by atoms with Gasteiger partial charge in [0.15, 0.2) is 6.10 Å².